The molecule has 2 rings (SSSR count). The summed E-state index contributed by atoms with van der Waals surface area (Å²) in [6.45, 7) is 4.59. The van der Waals surface area contributed by atoms with Crippen molar-refractivity contribution in [1.29, 1.82) is 0 Å². The Kier molecular flexibility index (Phi) is 3.47. The number of hydrogen-bond donors (Lipinski definition) is 1. The summed E-state index contributed by atoms with van der Waals surface area (Å²) in [6, 6.07) is 0. The smallest absolute Gasteiger partial charge is 0.293 e. The highest BCUT2D eigenvalue weighted by molar-refractivity contribution is 5.31. The summed E-state index contributed by atoms with van der Waals surface area (Å²) >= 11 is 0. The van der Waals surface area contributed by atoms with Crippen LogP contribution in [0.3, 0.4) is 0 Å². The maximum Gasteiger partial charge on any atom is 0.293 e. The number of ether oxygens (including phenoxy) is 1. The minimum absolute atomic E-state index is 0.0804. The van der Waals surface area contributed by atoms with Gasteiger partial charge in [-0.3, -0.25) is 4.79 Å². The first kappa shape index (κ1) is 12.1. The number of hydrogen-bond acceptors (Lipinski definition) is 4. The van der Waals surface area contributed by atoms with Crippen molar-refractivity contribution >= 4 is 5.82 Å². The zero-order valence-corrected chi connectivity index (χ0v) is 10.4. The van der Waals surface area contributed by atoms with E-state index in [2.05, 4.69) is 17.2 Å². The van der Waals surface area contributed by atoms with Gasteiger partial charge in [-0.25, -0.2) is 4.98 Å². The molecule has 1 aliphatic heterocycles. The van der Waals surface area contributed by atoms with Crippen molar-refractivity contribution in [2.45, 2.75) is 19.8 Å². The molecule has 0 unspecified atom stereocenters. The van der Waals surface area contributed by atoms with Crippen molar-refractivity contribution in [2.75, 3.05) is 25.1 Å². The fourth-order valence-electron chi connectivity index (χ4n) is 1.96. The summed E-state index contributed by atoms with van der Waals surface area (Å²) in [5, 5.41) is 3.16. The van der Waals surface area contributed by atoms with E-state index in [0.717, 1.165) is 32.6 Å². The molecule has 1 aromatic rings. The largest absolute Gasteiger partial charge is 0.381 e. The third-order valence-corrected chi connectivity index (χ3v) is 3.40. The van der Waals surface area contributed by atoms with Crippen LogP contribution in [0.15, 0.2) is 17.2 Å². The van der Waals surface area contributed by atoms with E-state index in [0.29, 0.717) is 5.82 Å². The van der Waals surface area contributed by atoms with E-state index in [-0.39, 0.29) is 11.0 Å². The molecule has 0 aliphatic carbocycles. The van der Waals surface area contributed by atoms with Crippen molar-refractivity contribution in [1.82, 2.24) is 9.55 Å². The molecule has 1 aliphatic rings. The third-order valence-electron chi connectivity index (χ3n) is 3.40. The van der Waals surface area contributed by atoms with Crippen LogP contribution in [0.2, 0.25) is 0 Å². The Labute approximate surface area is 101 Å². The summed E-state index contributed by atoms with van der Waals surface area (Å²) in [6.07, 6.45) is 5.33. The Morgan fingerprint density at radius 1 is 1.53 bits per heavy atom. The molecule has 5 nitrogen and oxygen atoms in total. The van der Waals surface area contributed by atoms with Crippen molar-refractivity contribution in [3.8, 4) is 0 Å². The van der Waals surface area contributed by atoms with Crippen LogP contribution in [0.1, 0.15) is 19.8 Å². The van der Waals surface area contributed by atoms with Crippen LogP contribution in [-0.4, -0.2) is 29.3 Å². The summed E-state index contributed by atoms with van der Waals surface area (Å²) in [5.41, 5.74) is 0.115. The van der Waals surface area contributed by atoms with Crippen LogP contribution in [0.4, 0.5) is 5.82 Å². The molecule has 1 saturated heterocycles. The van der Waals surface area contributed by atoms with Gasteiger partial charge in [0.1, 0.15) is 0 Å². The molecule has 0 radical (unpaired) electrons. The van der Waals surface area contributed by atoms with Crippen molar-refractivity contribution < 1.29 is 4.74 Å². The highest BCUT2D eigenvalue weighted by Crippen LogP contribution is 2.29. The van der Waals surface area contributed by atoms with Gasteiger partial charge in [0.05, 0.1) is 0 Å². The summed E-state index contributed by atoms with van der Waals surface area (Å²) in [4.78, 5) is 15.8. The standard InChI is InChI=1S/C12H19N3O2/c1-12(3-7-17-8-4-12)9-14-10-11(16)15(2)6-5-13-10/h5-6H,3-4,7-9H2,1-2H3,(H,13,14). The second-order valence-electron chi connectivity index (χ2n) is 4.97. The topological polar surface area (TPSA) is 56.1 Å². The molecule has 0 amide bonds. The number of rotatable bonds is 3. The van der Waals surface area contributed by atoms with Crippen molar-refractivity contribution in [3.63, 3.8) is 0 Å². The number of anilines is 1. The maximum atomic E-state index is 11.8. The maximum absolute atomic E-state index is 11.8. The zero-order valence-electron chi connectivity index (χ0n) is 10.4. The molecular formula is C12H19N3O2. The van der Waals surface area contributed by atoms with E-state index in [1.165, 1.54) is 4.57 Å². The lowest BCUT2D eigenvalue weighted by Crippen LogP contribution is -2.35. The van der Waals surface area contributed by atoms with E-state index < -0.39 is 0 Å². The van der Waals surface area contributed by atoms with Crippen LogP contribution >= 0.6 is 0 Å². The fourth-order valence-corrected chi connectivity index (χ4v) is 1.96. The van der Waals surface area contributed by atoms with Gasteiger partial charge in [-0.05, 0) is 18.3 Å². The second-order valence-corrected chi connectivity index (χ2v) is 4.97. The van der Waals surface area contributed by atoms with Crippen LogP contribution in [0, 0.1) is 5.41 Å². The highest BCUT2D eigenvalue weighted by Gasteiger charge is 2.27. The summed E-state index contributed by atoms with van der Waals surface area (Å²) < 4.78 is 6.88. The van der Waals surface area contributed by atoms with Gasteiger partial charge in [0.2, 0.25) is 0 Å². The van der Waals surface area contributed by atoms with Gasteiger partial charge in [0.25, 0.3) is 5.56 Å². The lowest BCUT2D eigenvalue weighted by molar-refractivity contribution is 0.0299. The Morgan fingerprint density at radius 3 is 2.94 bits per heavy atom. The van der Waals surface area contributed by atoms with Gasteiger partial charge in [-0.15, -0.1) is 0 Å². The molecule has 17 heavy (non-hydrogen) atoms. The molecule has 2 heterocycles. The fraction of sp³-hybridized carbons (Fsp3) is 0.667. The summed E-state index contributed by atoms with van der Waals surface area (Å²) in [5.74, 6) is 0.433. The Balaban J connectivity index is 2.02. The van der Waals surface area contributed by atoms with E-state index in [1.54, 1.807) is 19.4 Å². The van der Waals surface area contributed by atoms with Gasteiger partial charge in [0, 0.05) is 39.2 Å². The average molecular weight is 237 g/mol. The first-order chi connectivity index (χ1) is 8.11. The molecular weight excluding hydrogens is 218 g/mol. The van der Waals surface area contributed by atoms with Gasteiger partial charge in [0.15, 0.2) is 5.82 Å². The van der Waals surface area contributed by atoms with Crippen LogP contribution < -0.4 is 10.9 Å². The van der Waals surface area contributed by atoms with Crippen molar-refractivity contribution in [2.24, 2.45) is 12.5 Å². The molecule has 0 aromatic carbocycles. The van der Waals surface area contributed by atoms with Gasteiger partial charge in [-0.2, -0.15) is 0 Å². The molecule has 94 valence electrons. The molecule has 0 saturated carbocycles. The molecule has 0 atom stereocenters. The first-order valence-electron chi connectivity index (χ1n) is 5.94. The van der Waals surface area contributed by atoms with E-state index in [1.807, 2.05) is 0 Å². The number of aromatic nitrogens is 2. The van der Waals surface area contributed by atoms with Gasteiger partial charge >= 0.3 is 0 Å². The minimum Gasteiger partial charge on any atom is -0.381 e. The van der Waals surface area contributed by atoms with Crippen LogP contribution in [-0.2, 0) is 11.8 Å². The minimum atomic E-state index is -0.0804. The first-order valence-corrected chi connectivity index (χ1v) is 5.94. The second kappa shape index (κ2) is 4.87. The third kappa shape index (κ3) is 2.85. The summed E-state index contributed by atoms with van der Waals surface area (Å²) in [7, 11) is 1.73. The van der Waals surface area contributed by atoms with E-state index >= 15 is 0 Å². The number of nitrogens with zero attached hydrogens (tertiary/aromatic N) is 2. The SMILES string of the molecule is Cn1ccnc(NCC2(C)CCOCC2)c1=O. The number of aryl methyl sites for hydroxylation is 1. The molecule has 0 spiro atoms. The molecule has 0 bridgehead atoms. The molecule has 1 aromatic heterocycles. The van der Waals surface area contributed by atoms with Crippen molar-refractivity contribution in [3.05, 3.63) is 22.7 Å². The van der Waals surface area contributed by atoms with E-state index in [9.17, 15) is 4.79 Å². The molecule has 1 fully saturated rings. The van der Waals surface area contributed by atoms with Gasteiger partial charge < -0.3 is 14.6 Å². The predicted octanol–water partition coefficient (Wildman–Crippen LogP) is 1.01. The zero-order chi connectivity index (χ0) is 12.3. The van der Waals surface area contributed by atoms with E-state index in [4.69, 9.17) is 4.74 Å². The highest BCUT2D eigenvalue weighted by atomic mass is 16.5. The lowest BCUT2D eigenvalue weighted by atomic mass is 9.82. The Hall–Kier alpha value is -1.36. The average Bonchev–Trinajstić information content (AvgIpc) is 2.32. The van der Waals surface area contributed by atoms with Gasteiger partial charge in [-0.1, -0.05) is 6.92 Å². The molecule has 1 N–H and O–H groups in total. The Bertz CT molecular complexity index is 436. The molecule has 5 heteroatoms. The Morgan fingerprint density at radius 2 is 2.24 bits per heavy atom. The number of nitrogens with one attached hydrogen (secondary N) is 1. The van der Waals surface area contributed by atoms with Crippen LogP contribution in [0.5, 0.6) is 0 Å². The quantitative estimate of drug-likeness (QED) is 0.852. The van der Waals surface area contributed by atoms with Crippen LogP contribution in [0.25, 0.3) is 0 Å². The monoisotopic (exact) mass is 237 g/mol. The predicted molar refractivity (Wildman–Crippen MR) is 66.1 cm³/mol. The normalized spacial score (nSPS) is 18.9. The lowest BCUT2D eigenvalue weighted by Gasteiger charge is -2.33.